The smallest absolute Gasteiger partial charge is 0.257 e. The zero-order valence-electron chi connectivity index (χ0n) is 10.0. The first kappa shape index (κ1) is 12.5. The van der Waals surface area contributed by atoms with Gasteiger partial charge in [-0.05, 0) is 12.5 Å². The SMILES string of the molecule is CCC1CN(C(=O)c2coc(CN)c2)CCS1. The summed E-state index contributed by atoms with van der Waals surface area (Å²) >= 11 is 1.95. The van der Waals surface area contributed by atoms with Gasteiger partial charge in [0, 0.05) is 24.1 Å². The van der Waals surface area contributed by atoms with Crippen LogP contribution in [0.4, 0.5) is 0 Å². The van der Waals surface area contributed by atoms with Crippen molar-refractivity contribution in [1.29, 1.82) is 0 Å². The molecule has 0 aromatic carbocycles. The Kier molecular flexibility index (Phi) is 4.12. The van der Waals surface area contributed by atoms with Crippen LogP contribution < -0.4 is 5.73 Å². The molecule has 1 aliphatic heterocycles. The highest BCUT2D eigenvalue weighted by Gasteiger charge is 2.24. The lowest BCUT2D eigenvalue weighted by Gasteiger charge is -2.31. The molecule has 1 amide bonds. The van der Waals surface area contributed by atoms with Gasteiger partial charge in [-0.25, -0.2) is 0 Å². The number of carbonyl (C=O) groups is 1. The first-order valence-corrected chi connectivity index (χ1v) is 6.97. The van der Waals surface area contributed by atoms with E-state index < -0.39 is 0 Å². The van der Waals surface area contributed by atoms with Crippen molar-refractivity contribution < 1.29 is 9.21 Å². The number of furan rings is 1. The molecule has 1 saturated heterocycles. The van der Waals surface area contributed by atoms with Crippen LogP contribution in [0.5, 0.6) is 0 Å². The summed E-state index contributed by atoms with van der Waals surface area (Å²) in [4.78, 5) is 14.1. The first-order chi connectivity index (χ1) is 8.24. The average Bonchev–Trinajstić information content (AvgIpc) is 2.86. The van der Waals surface area contributed by atoms with Crippen LogP contribution >= 0.6 is 11.8 Å². The summed E-state index contributed by atoms with van der Waals surface area (Å²) in [5, 5.41) is 0.563. The summed E-state index contributed by atoms with van der Waals surface area (Å²) in [7, 11) is 0. The Balaban J connectivity index is 2.03. The minimum absolute atomic E-state index is 0.0622. The molecule has 0 bridgehead atoms. The van der Waals surface area contributed by atoms with Gasteiger partial charge in [-0.2, -0.15) is 11.8 Å². The lowest BCUT2D eigenvalue weighted by atomic mass is 10.2. The van der Waals surface area contributed by atoms with E-state index in [0.717, 1.165) is 25.3 Å². The molecule has 1 fully saturated rings. The number of rotatable bonds is 3. The molecule has 1 aliphatic rings. The molecule has 1 aromatic rings. The van der Waals surface area contributed by atoms with E-state index in [4.69, 9.17) is 10.2 Å². The minimum atomic E-state index is 0.0622. The summed E-state index contributed by atoms with van der Waals surface area (Å²) in [6, 6.07) is 1.74. The molecule has 17 heavy (non-hydrogen) atoms. The van der Waals surface area contributed by atoms with E-state index in [1.807, 2.05) is 16.7 Å². The molecule has 5 heteroatoms. The number of amides is 1. The van der Waals surface area contributed by atoms with E-state index in [-0.39, 0.29) is 5.91 Å². The molecule has 1 aromatic heterocycles. The van der Waals surface area contributed by atoms with Gasteiger partial charge in [-0.1, -0.05) is 6.92 Å². The van der Waals surface area contributed by atoms with Crippen molar-refractivity contribution in [3.63, 3.8) is 0 Å². The van der Waals surface area contributed by atoms with Crippen LogP contribution in [0.3, 0.4) is 0 Å². The summed E-state index contributed by atoms with van der Waals surface area (Å²) in [5.41, 5.74) is 6.08. The van der Waals surface area contributed by atoms with E-state index in [9.17, 15) is 4.79 Å². The van der Waals surface area contributed by atoms with E-state index in [0.29, 0.717) is 23.1 Å². The molecule has 1 unspecified atom stereocenters. The summed E-state index contributed by atoms with van der Waals surface area (Å²) < 4.78 is 5.20. The van der Waals surface area contributed by atoms with Gasteiger partial charge >= 0.3 is 0 Å². The highest BCUT2D eigenvalue weighted by molar-refractivity contribution is 8.00. The van der Waals surface area contributed by atoms with Crippen LogP contribution in [0.15, 0.2) is 16.7 Å². The summed E-state index contributed by atoms with van der Waals surface area (Å²) in [6.07, 6.45) is 2.61. The van der Waals surface area contributed by atoms with Gasteiger partial charge in [0.15, 0.2) is 0 Å². The Morgan fingerprint density at radius 2 is 2.53 bits per heavy atom. The van der Waals surface area contributed by atoms with Crippen LogP contribution in [0, 0.1) is 0 Å². The zero-order valence-corrected chi connectivity index (χ0v) is 10.8. The number of hydrogen-bond acceptors (Lipinski definition) is 4. The Labute approximate surface area is 106 Å². The van der Waals surface area contributed by atoms with Gasteiger partial charge in [0.1, 0.15) is 12.0 Å². The molecule has 2 rings (SSSR count). The lowest BCUT2D eigenvalue weighted by molar-refractivity contribution is 0.0760. The van der Waals surface area contributed by atoms with E-state index in [2.05, 4.69) is 6.92 Å². The number of nitrogens with zero attached hydrogens (tertiary/aromatic N) is 1. The molecular weight excluding hydrogens is 236 g/mol. The number of hydrogen-bond donors (Lipinski definition) is 1. The van der Waals surface area contributed by atoms with Crippen LogP contribution in [-0.4, -0.2) is 34.9 Å². The monoisotopic (exact) mass is 254 g/mol. The maximum absolute atomic E-state index is 12.2. The fourth-order valence-corrected chi connectivity index (χ4v) is 3.11. The van der Waals surface area contributed by atoms with E-state index in [1.165, 1.54) is 6.26 Å². The molecule has 0 spiro atoms. The molecule has 2 N–H and O–H groups in total. The normalized spacial score (nSPS) is 20.6. The van der Waals surface area contributed by atoms with Crippen molar-refractivity contribution >= 4 is 17.7 Å². The predicted molar refractivity (Wildman–Crippen MR) is 69.0 cm³/mol. The number of nitrogens with two attached hydrogens (primary N) is 1. The molecule has 0 radical (unpaired) electrons. The molecule has 0 saturated carbocycles. The van der Waals surface area contributed by atoms with Gasteiger partial charge in [-0.3, -0.25) is 4.79 Å². The van der Waals surface area contributed by atoms with Gasteiger partial charge < -0.3 is 15.1 Å². The number of carbonyl (C=O) groups excluding carboxylic acids is 1. The second-order valence-electron chi connectivity index (χ2n) is 4.16. The third kappa shape index (κ3) is 2.84. The molecular formula is C12H18N2O2S. The fraction of sp³-hybridized carbons (Fsp3) is 0.583. The third-order valence-corrected chi connectivity index (χ3v) is 4.36. The predicted octanol–water partition coefficient (Wildman–Crippen LogP) is 1.71. The largest absolute Gasteiger partial charge is 0.467 e. The van der Waals surface area contributed by atoms with Gasteiger partial charge in [0.25, 0.3) is 5.91 Å². The molecule has 94 valence electrons. The van der Waals surface area contributed by atoms with Crippen molar-refractivity contribution in [1.82, 2.24) is 4.90 Å². The second-order valence-corrected chi connectivity index (χ2v) is 5.57. The van der Waals surface area contributed by atoms with Gasteiger partial charge in [0.2, 0.25) is 0 Å². The number of thioether (sulfide) groups is 1. The highest BCUT2D eigenvalue weighted by atomic mass is 32.2. The first-order valence-electron chi connectivity index (χ1n) is 5.93. The maximum atomic E-state index is 12.2. The Morgan fingerprint density at radius 1 is 1.71 bits per heavy atom. The zero-order chi connectivity index (χ0) is 12.3. The van der Waals surface area contributed by atoms with Crippen molar-refractivity contribution in [3.05, 3.63) is 23.7 Å². The fourth-order valence-electron chi connectivity index (χ4n) is 1.93. The van der Waals surface area contributed by atoms with E-state index in [1.54, 1.807) is 6.07 Å². The van der Waals surface area contributed by atoms with Crippen molar-refractivity contribution in [2.24, 2.45) is 5.73 Å². The minimum Gasteiger partial charge on any atom is -0.467 e. The van der Waals surface area contributed by atoms with E-state index >= 15 is 0 Å². The van der Waals surface area contributed by atoms with Crippen LogP contribution in [0.1, 0.15) is 29.5 Å². The molecule has 1 atom stereocenters. The molecule has 4 nitrogen and oxygen atoms in total. The van der Waals surface area contributed by atoms with Crippen LogP contribution in [-0.2, 0) is 6.54 Å². The summed E-state index contributed by atoms with van der Waals surface area (Å²) in [6.45, 7) is 4.16. The van der Waals surface area contributed by atoms with Crippen molar-refractivity contribution in [3.8, 4) is 0 Å². The van der Waals surface area contributed by atoms with Crippen molar-refractivity contribution in [2.45, 2.75) is 25.1 Å². The topological polar surface area (TPSA) is 59.5 Å². The van der Waals surface area contributed by atoms with Gasteiger partial charge in [0.05, 0.1) is 12.1 Å². The Morgan fingerprint density at radius 3 is 3.18 bits per heavy atom. The third-order valence-electron chi connectivity index (χ3n) is 2.98. The second kappa shape index (κ2) is 5.60. The Hall–Kier alpha value is -0.940. The Bertz CT molecular complexity index is 392. The average molecular weight is 254 g/mol. The van der Waals surface area contributed by atoms with Crippen LogP contribution in [0.25, 0.3) is 0 Å². The lowest BCUT2D eigenvalue weighted by Crippen LogP contribution is -2.41. The standard InChI is InChI=1S/C12H18N2O2S/c1-2-11-7-14(3-4-17-11)12(15)9-5-10(6-13)16-8-9/h5,8,11H,2-4,6-7,13H2,1H3. The summed E-state index contributed by atoms with van der Waals surface area (Å²) in [5.74, 6) is 1.74. The quantitative estimate of drug-likeness (QED) is 0.892. The molecule has 2 heterocycles. The maximum Gasteiger partial charge on any atom is 0.257 e. The van der Waals surface area contributed by atoms with Crippen LogP contribution in [0.2, 0.25) is 0 Å². The molecule has 0 aliphatic carbocycles. The van der Waals surface area contributed by atoms with Crippen molar-refractivity contribution in [2.75, 3.05) is 18.8 Å². The highest BCUT2D eigenvalue weighted by Crippen LogP contribution is 2.22. The van der Waals surface area contributed by atoms with Gasteiger partial charge in [-0.15, -0.1) is 0 Å².